The first kappa shape index (κ1) is 30.0. The molecule has 0 saturated heterocycles. The van der Waals surface area contributed by atoms with Gasteiger partial charge in [-0.15, -0.1) is 0 Å². The molecule has 0 aliphatic rings. The van der Waals surface area contributed by atoms with Crippen LogP contribution in [0.2, 0.25) is 0 Å². The van der Waals surface area contributed by atoms with E-state index in [1.54, 1.807) is 0 Å². The van der Waals surface area contributed by atoms with Gasteiger partial charge in [-0.05, 0) is 0 Å². The summed E-state index contributed by atoms with van der Waals surface area (Å²) < 4.78 is 130. The van der Waals surface area contributed by atoms with Gasteiger partial charge in [0.05, 0.1) is 0 Å². The van der Waals surface area contributed by atoms with E-state index in [9.17, 15) is 52.7 Å². The molecule has 0 bridgehead atoms. The Hall–Kier alpha value is 0.0497. The first-order valence-electron chi connectivity index (χ1n) is 4.25. The first-order chi connectivity index (χ1) is 8.99. The fraction of sp³-hybridized carbons (Fsp3) is 0.857. The molecule has 0 saturated carbocycles. The molecule has 22 heavy (non-hydrogen) atoms. The maximum Gasteiger partial charge on any atom is 2.00 e. The van der Waals surface area contributed by atoms with E-state index in [1.165, 1.54) is 0 Å². The second-order valence-corrected chi connectivity index (χ2v) is 2.70. The number of nitrogens with zero attached hydrogens (tertiary/aromatic N) is 1. The molecule has 15 heteroatoms. The van der Waals surface area contributed by atoms with Crippen LogP contribution in [0.25, 0.3) is 0 Å². The molecule has 0 aliphatic carbocycles. The summed E-state index contributed by atoms with van der Waals surface area (Å²) in [7, 11) is 0. The van der Waals surface area contributed by atoms with Crippen molar-refractivity contribution in [3.05, 3.63) is 0 Å². The minimum Gasteiger partial charge on any atom is -1.00 e. The molecule has 0 unspecified atom stereocenters. The summed E-state index contributed by atoms with van der Waals surface area (Å²) in [5.41, 5.74) is 0. The molecule has 2 nitrogen and oxygen atoms in total. The van der Waals surface area contributed by atoms with Crippen molar-refractivity contribution in [2.75, 3.05) is 13.5 Å². The van der Waals surface area contributed by atoms with Crippen LogP contribution < -0.4 is 0 Å². The van der Waals surface area contributed by atoms with E-state index in [1.807, 2.05) is 0 Å². The van der Waals surface area contributed by atoms with Gasteiger partial charge in [-0.25, -0.2) is 8.78 Å². The van der Waals surface area contributed by atoms with Crippen molar-refractivity contribution in [1.82, 2.24) is 4.90 Å². The third-order valence-electron chi connectivity index (χ3n) is 0.883. The molecule has 0 N–H and O–H groups in total. The van der Waals surface area contributed by atoms with Crippen molar-refractivity contribution in [1.29, 1.82) is 0 Å². The third kappa shape index (κ3) is 25.0. The molecule has 0 fully saturated rings. The standard InChI is InChI=1S/C3H2F7N.C2H2F4.C2H3FO.Ca.2H/c4-1-11(2(5,6)7)3(8,9)10;3-1-2(4,5)6;1-2(3)4;;;/h1H2;1H2;1H3;;;/q;;;+2;2*-1. The third-order valence-corrected chi connectivity index (χ3v) is 0.883. The summed E-state index contributed by atoms with van der Waals surface area (Å²) in [4.78, 5) is 6.61. The Balaban J connectivity index is -0.0000000539. The van der Waals surface area contributed by atoms with Crippen LogP contribution in [0.15, 0.2) is 0 Å². The minimum absolute atomic E-state index is 0. The number of hydrogen-bond acceptors (Lipinski definition) is 2. The molecule has 0 aliphatic heterocycles. The Morgan fingerprint density at radius 3 is 1.09 bits per heavy atom. The molecular formula is C7H9CaF12NO. The monoisotopic (exact) mass is 391 g/mol. The zero-order chi connectivity index (χ0) is 18.1. The van der Waals surface area contributed by atoms with E-state index in [4.69, 9.17) is 4.79 Å². The largest absolute Gasteiger partial charge is 2.00 e. The summed E-state index contributed by atoms with van der Waals surface area (Å²) in [6, 6.07) is -1.33. The van der Waals surface area contributed by atoms with Crippen LogP contribution in [-0.2, 0) is 4.79 Å². The van der Waals surface area contributed by atoms with Gasteiger partial charge >= 0.3 is 56.5 Å². The molecule has 0 rings (SSSR count). The van der Waals surface area contributed by atoms with E-state index in [-0.39, 0.29) is 40.6 Å². The van der Waals surface area contributed by atoms with Gasteiger partial charge < -0.3 is 2.85 Å². The van der Waals surface area contributed by atoms with Gasteiger partial charge in [-0.1, -0.05) is 4.90 Å². The number of rotatable bonds is 1. The molecule has 0 amide bonds. The average molecular weight is 391 g/mol. The van der Waals surface area contributed by atoms with E-state index in [2.05, 4.69) is 0 Å². The van der Waals surface area contributed by atoms with Crippen molar-refractivity contribution in [2.45, 2.75) is 25.7 Å². The van der Waals surface area contributed by atoms with Crippen LogP contribution in [0, 0.1) is 0 Å². The molecule has 0 radical (unpaired) electrons. The molecule has 0 aromatic heterocycles. The van der Waals surface area contributed by atoms with E-state index in [0.29, 0.717) is 0 Å². The topological polar surface area (TPSA) is 20.3 Å². The number of hydrogen-bond donors (Lipinski definition) is 0. The zero-order valence-corrected chi connectivity index (χ0v) is 12.7. The van der Waals surface area contributed by atoms with Crippen LogP contribution in [0.3, 0.4) is 0 Å². The quantitative estimate of drug-likeness (QED) is 0.290. The Bertz CT molecular complexity index is 277. The number of carbonyl (C=O) groups excluding carboxylic acids is 1. The van der Waals surface area contributed by atoms with E-state index < -0.39 is 43.2 Å². The average Bonchev–Trinajstić information content (AvgIpc) is 2.12. The number of carbonyl (C=O) groups is 1. The van der Waals surface area contributed by atoms with Gasteiger partial charge in [0.2, 0.25) is 0 Å². The van der Waals surface area contributed by atoms with Gasteiger partial charge in [0.1, 0.15) is 0 Å². The summed E-state index contributed by atoms with van der Waals surface area (Å²) in [5, 5.41) is 0. The Morgan fingerprint density at radius 2 is 1.09 bits per heavy atom. The van der Waals surface area contributed by atoms with Crippen molar-refractivity contribution in [3.63, 3.8) is 0 Å². The predicted molar refractivity (Wildman–Crippen MR) is 51.7 cm³/mol. The smallest absolute Gasteiger partial charge is 1.00 e. The van der Waals surface area contributed by atoms with Crippen molar-refractivity contribution >= 4 is 43.8 Å². The molecular weight excluding hydrogens is 382 g/mol. The maximum atomic E-state index is 11.2. The summed E-state index contributed by atoms with van der Waals surface area (Å²) in [6.07, 6.45) is -16.1. The zero-order valence-electron chi connectivity index (χ0n) is 12.5. The van der Waals surface area contributed by atoms with Gasteiger partial charge in [0.15, 0.2) is 13.5 Å². The maximum absolute atomic E-state index is 11.2. The SMILES string of the molecule is CC(=O)F.FCC(F)(F)F.FCN(C(F)(F)F)C(F)(F)F.[Ca+2].[H-].[H-]. The predicted octanol–water partition coefficient (Wildman–Crippen LogP) is 4.12. The van der Waals surface area contributed by atoms with Crippen LogP contribution >= 0.6 is 0 Å². The fourth-order valence-electron chi connectivity index (χ4n) is 0.279. The van der Waals surface area contributed by atoms with Crippen LogP contribution in [-0.4, -0.2) is 80.9 Å². The molecule has 0 spiro atoms. The first-order valence-corrected chi connectivity index (χ1v) is 4.25. The van der Waals surface area contributed by atoms with Crippen LogP contribution in [0.5, 0.6) is 0 Å². The van der Waals surface area contributed by atoms with Gasteiger partial charge in [-0.3, -0.25) is 4.79 Å². The van der Waals surface area contributed by atoms with Crippen molar-refractivity contribution < 1.29 is 60.3 Å². The van der Waals surface area contributed by atoms with Crippen LogP contribution in [0.1, 0.15) is 9.78 Å². The van der Waals surface area contributed by atoms with Crippen molar-refractivity contribution in [2.24, 2.45) is 0 Å². The second kappa shape index (κ2) is 12.5. The van der Waals surface area contributed by atoms with Crippen LogP contribution in [0.4, 0.5) is 52.7 Å². The fourth-order valence-corrected chi connectivity index (χ4v) is 0.279. The number of halogens is 12. The second-order valence-electron chi connectivity index (χ2n) is 2.70. The van der Waals surface area contributed by atoms with Gasteiger partial charge in [-0.2, -0.15) is 43.9 Å². The normalized spacial score (nSPS) is 11.5. The molecule has 0 heterocycles. The van der Waals surface area contributed by atoms with E-state index in [0.717, 1.165) is 6.92 Å². The molecule has 134 valence electrons. The van der Waals surface area contributed by atoms with Crippen molar-refractivity contribution in [3.8, 4) is 0 Å². The Kier molecular flexibility index (Phi) is 17.0. The Morgan fingerprint density at radius 1 is 0.909 bits per heavy atom. The van der Waals surface area contributed by atoms with Gasteiger partial charge in [0.25, 0.3) is 6.04 Å². The molecule has 0 aromatic rings. The van der Waals surface area contributed by atoms with E-state index >= 15 is 0 Å². The Labute approximate surface area is 148 Å². The van der Waals surface area contributed by atoms with Gasteiger partial charge in [0, 0.05) is 6.92 Å². The summed E-state index contributed by atoms with van der Waals surface area (Å²) in [5.74, 6) is 0. The number of alkyl halides is 11. The molecule has 0 atom stereocenters. The summed E-state index contributed by atoms with van der Waals surface area (Å²) >= 11 is 0. The molecule has 0 aromatic carbocycles. The minimum atomic E-state index is -5.72. The summed E-state index contributed by atoms with van der Waals surface area (Å²) in [6.45, 7) is -4.00.